The van der Waals surface area contributed by atoms with Crippen molar-refractivity contribution in [2.75, 3.05) is 11.1 Å². The van der Waals surface area contributed by atoms with Crippen LogP contribution in [0.1, 0.15) is 27.9 Å². The van der Waals surface area contributed by atoms with Gasteiger partial charge < -0.3 is 11.1 Å². The number of nitrogens with one attached hydrogen (secondary N) is 1. The van der Waals surface area contributed by atoms with Gasteiger partial charge in [-0.2, -0.15) is 0 Å². The van der Waals surface area contributed by atoms with Gasteiger partial charge >= 0.3 is 0 Å². The lowest BCUT2D eigenvalue weighted by molar-refractivity contribution is 0.756. The molecule has 0 saturated heterocycles. The zero-order valence-electron chi connectivity index (χ0n) is 14.0. The van der Waals surface area contributed by atoms with Crippen molar-refractivity contribution >= 4 is 17.3 Å². The SMILES string of the molecule is Nc1nn2cccnc2c1-c1cc(N[C@H]2CCc3ccccc32)ncn1.[HH].[HH].[HH]. The van der Waals surface area contributed by atoms with Crippen molar-refractivity contribution in [1.29, 1.82) is 0 Å². The minimum atomic E-state index is 0. The van der Waals surface area contributed by atoms with Crippen LogP contribution >= 0.6 is 0 Å². The molecule has 26 heavy (non-hydrogen) atoms. The van der Waals surface area contributed by atoms with E-state index >= 15 is 0 Å². The molecule has 0 radical (unpaired) electrons. The van der Waals surface area contributed by atoms with E-state index in [9.17, 15) is 0 Å². The van der Waals surface area contributed by atoms with Crippen LogP contribution in [0.25, 0.3) is 16.9 Å². The third-order valence-corrected chi connectivity index (χ3v) is 4.80. The first-order chi connectivity index (χ1) is 12.8. The van der Waals surface area contributed by atoms with E-state index in [-0.39, 0.29) is 10.3 Å². The van der Waals surface area contributed by atoms with Crippen molar-refractivity contribution in [1.82, 2.24) is 24.6 Å². The average molecular weight is 349 g/mol. The average Bonchev–Trinajstić information content (AvgIpc) is 3.22. The number of hydrogen-bond donors (Lipinski definition) is 2. The van der Waals surface area contributed by atoms with Gasteiger partial charge in [-0.1, -0.05) is 24.3 Å². The van der Waals surface area contributed by atoms with Crippen LogP contribution in [0.2, 0.25) is 0 Å². The first kappa shape index (κ1) is 14.8. The van der Waals surface area contributed by atoms with E-state index in [4.69, 9.17) is 5.73 Å². The molecule has 134 valence electrons. The minimum absolute atomic E-state index is 0. The molecule has 3 heterocycles. The number of aromatic nitrogens is 5. The zero-order chi connectivity index (χ0) is 17.5. The summed E-state index contributed by atoms with van der Waals surface area (Å²) >= 11 is 0. The van der Waals surface area contributed by atoms with E-state index in [1.54, 1.807) is 17.0 Å². The Morgan fingerprint density at radius 1 is 1.15 bits per heavy atom. The number of hydrogen-bond acceptors (Lipinski definition) is 6. The van der Waals surface area contributed by atoms with Gasteiger partial charge in [0, 0.05) is 22.7 Å². The van der Waals surface area contributed by atoms with E-state index in [1.165, 1.54) is 11.1 Å². The molecule has 7 nitrogen and oxygen atoms in total. The second-order valence-electron chi connectivity index (χ2n) is 6.37. The van der Waals surface area contributed by atoms with Gasteiger partial charge in [-0.15, -0.1) is 5.10 Å². The molecule has 1 aliphatic rings. The van der Waals surface area contributed by atoms with Gasteiger partial charge in [0.1, 0.15) is 12.1 Å². The van der Waals surface area contributed by atoms with Crippen molar-refractivity contribution in [3.63, 3.8) is 0 Å². The van der Waals surface area contributed by atoms with E-state index in [2.05, 4.69) is 49.6 Å². The van der Waals surface area contributed by atoms with Gasteiger partial charge in [0.05, 0.1) is 17.3 Å². The van der Waals surface area contributed by atoms with Crippen molar-refractivity contribution in [3.8, 4) is 11.3 Å². The zero-order valence-corrected chi connectivity index (χ0v) is 14.0. The lowest BCUT2D eigenvalue weighted by atomic mass is 10.1. The van der Waals surface area contributed by atoms with Crippen LogP contribution in [0.5, 0.6) is 0 Å². The molecule has 1 aliphatic carbocycles. The number of aryl methyl sites for hydroxylation is 1. The topological polar surface area (TPSA) is 94.0 Å². The molecule has 0 bridgehead atoms. The van der Waals surface area contributed by atoms with E-state index in [1.807, 2.05) is 18.3 Å². The van der Waals surface area contributed by atoms with Crippen molar-refractivity contribution in [2.24, 2.45) is 0 Å². The molecule has 0 spiro atoms. The quantitative estimate of drug-likeness (QED) is 0.587. The van der Waals surface area contributed by atoms with Gasteiger partial charge in [0.25, 0.3) is 0 Å². The fourth-order valence-corrected chi connectivity index (χ4v) is 3.61. The van der Waals surface area contributed by atoms with Crippen LogP contribution < -0.4 is 11.1 Å². The summed E-state index contributed by atoms with van der Waals surface area (Å²) in [5, 5.41) is 7.83. The predicted molar refractivity (Wildman–Crippen MR) is 106 cm³/mol. The summed E-state index contributed by atoms with van der Waals surface area (Å²) in [6.07, 6.45) is 7.22. The van der Waals surface area contributed by atoms with Crippen LogP contribution in [-0.4, -0.2) is 24.6 Å². The Morgan fingerprint density at radius 2 is 2.08 bits per heavy atom. The number of nitrogen functional groups attached to an aromatic ring is 1. The third-order valence-electron chi connectivity index (χ3n) is 4.80. The molecule has 0 aliphatic heterocycles. The Labute approximate surface area is 154 Å². The molecule has 1 aromatic carbocycles. The highest BCUT2D eigenvalue weighted by molar-refractivity contribution is 5.84. The van der Waals surface area contributed by atoms with Crippen molar-refractivity contribution in [2.45, 2.75) is 18.9 Å². The van der Waals surface area contributed by atoms with E-state index in [0.717, 1.165) is 24.2 Å². The highest BCUT2D eigenvalue weighted by Gasteiger charge is 2.22. The summed E-state index contributed by atoms with van der Waals surface area (Å²) in [6, 6.07) is 12.5. The molecule has 0 saturated carbocycles. The molecule has 0 unspecified atom stereocenters. The van der Waals surface area contributed by atoms with Gasteiger partial charge in [-0.05, 0) is 30.0 Å². The van der Waals surface area contributed by atoms with Crippen molar-refractivity contribution < 1.29 is 4.28 Å². The van der Waals surface area contributed by atoms with Gasteiger partial charge in [0.2, 0.25) is 0 Å². The van der Waals surface area contributed by atoms with Crippen LogP contribution in [0.3, 0.4) is 0 Å². The predicted octanol–water partition coefficient (Wildman–Crippen LogP) is 3.61. The molecular weight excluding hydrogens is 326 g/mol. The Morgan fingerprint density at radius 3 is 3.04 bits per heavy atom. The summed E-state index contributed by atoms with van der Waals surface area (Å²) in [5.41, 5.74) is 11.0. The first-order valence-electron chi connectivity index (χ1n) is 8.55. The van der Waals surface area contributed by atoms with Crippen LogP contribution in [0.4, 0.5) is 11.6 Å². The lowest BCUT2D eigenvalue weighted by Gasteiger charge is -2.15. The molecule has 4 aromatic rings. The number of benzene rings is 1. The fraction of sp³-hybridized carbons (Fsp3) is 0.158. The normalized spacial score (nSPS) is 15.9. The largest absolute Gasteiger partial charge is 0.382 e. The lowest BCUT2D eigenvalue weighted by Crippen LogP contribution is -2.08. The van der Waals surface area contributed by atoms with Gasteiger partial charge in [-0.3, -0.25) is 0 Å². The summed E-state index contributed by atoms with van der Waals surface area (Å²) in [5.74, 6) is 1.17. The third kappa shape index (κ3) is 2.36. The molecule has 5 rings (SSSR count). The van der Waals surface area contributed by atoms with E-state index < -0.39 is 0 Å². The van der Waals surface area contributed by atoms with Crippen LogP contribution in [-0.2, 0) is 6.42 Å². The molecule has 3 aromatic heterocycles. The maximum atomic E-state index is 6.11. The minimum Gasteiger partial charge on any atom is -0.382 e. The monoisotopic (exact) mass is 349 g/mol. The number of fused-ring (bicyclic) bond motifs is 2. The van der Waals surface area contributed by atoms with Gasteiger partial charge in [0.15, 0.2) is 11.5 Å². The molecule has 7 heteroatoms. The smallest absolute Gasteiger partial charge is 0.166 e. The Balaban J connectivity index is 0.000001000. The Hall–Kier alpha value is -3.48. The highest BCUT2D eigenvalue weighted by Crippen LogP contribution is 2.34. The summed E-state index contributed by atoms with van der Waals surface area (Å²) < 4.78 is 1.66. The first-order valence-corrected chi connectivity index (χ1v) is 8.55. The van der Waals surface area contributed by atoms with Crippen molar-refractivity contribution in [3.05, 3.63) is 66.2 Å². The molecule has 0 amide bonds. The summed E-state index contributed by atoms with van der Waals surface area (Å²) in [7, 11) is 0. The number of rotatable bonds is 3. The second-order valence-corrected chi connectivity index (χ2v) is 6.37. The van der Waals surface area contributed by atoms with Gasteiger partial charge in [-0.25, -0.2) is 19.5 Å². The highest BCUT2D eigenvalue weighted by atomic mass is 15.3. The summed E-state index contributed by atoms with van der Waals surface area (Å²) in [6.45, 7) is 0. The maximum Gasteiger partial charge on any atom is 0.166 e. The second kappa shape index (κ2) is 5.80. The van der Waals surface area contributed by atoms with E-state index in [0.29, 0.717) is 17.2 Å². The fourth-order valence-electron chi connectivity index (χ4n) is 3.61. The molecular formula is C19H23N7. The molecule has 3 N–H and O–H groups in total. The Bertz CT molecular complexity index is 1120. The van der Waals surface area contributed by atoms with Crippen LogP contribution in [0, 0.1) is 0 Å². The summed E-state index contributed by atoms with van der Waals surface area (Å²) in [4.78, 5) is 13.2. The Kier molecular flexibility index (Phi) is 3.31. The molecule has 1 atom stereocenters. The number of nitrogens with zero attached hydrogens (tertiary/aromatic N) is 5. The van der Waals surface area contributed by atoms with Crippen LogP contribution in [0.15, 0.2) is 55.1 Å². The standard InChI is InChI=1S/C19H17N7.3H2/c20-18-17(19-21-8-3-9-26(19)25-18)15-10-16(23-11-22-15)24-14-7-6-12-4-1-2-5-13(12)14;;;/h1-5,8-11,14H,6-7H2,(H2,20,25)(H,22,23,24);3*1H/t14-;;;/m0.../s1. The molecule has 0 fully saturated rings. The number of anilines is 2. The maximum absolute atomic E-state index is 6.11. The number of nitrogens with two attached hydrogens (primary N) is 1.